The molecule has 0 aliphatic carbocycles. The smallest absolute Gasteiger partial charge is 0.242 e. The van der Waals surface area contributed by atoms with Gasteiger partial charge in [0, 0.05) is 39.4 Å². The van der Waals surface area contributed by atoms with Crippen LogP contribution in [0.15, 0.2) is 53.4 Å². The quantitative estimate of drug-likeness (QED) is 0.532. The molecule has 0 aromatic heterocycles. The highest BCUT2D eigenvalue weighted by Crippen LogP contribution is 2.22. The average molecular weight is 511 g/mol. The second-order valence-electron chi connectivity index (χ2n) is 8.09. The lowest BCUT2D eigenvalue weighted by Crippen LogP contribution is -2.40. The van der Waals surface area contributed by atoms with Crippen LogP contribution < -0.4 is 14.5 Å². The van der Waals surface area contributed by atoms with Crippen molar-refractivity contribution in [3.05, 3.63) is 54.1 Å². The van der Waals surface area contributed by atoms with Crippen LogP contribution in [-0.2, 0) is 36.1 Å². The predicted molar refractivity (Wildman–Crippen MR) is 131 cm³/mol. The summed E-state index contributed by atoms with van der Waals surface area (Å²) >= 11 is 0. The fraction of sp³-hybridized carbons (Fsp3) is 0.409. The summed E-state index contributed by atoms with van der Waals surface area (Å²) in [4.78, 5) is 14.8. The lowest BCUT2D eigenvalue weighted by atomic mass is 10.2. The minimum absolute atomic E-state index is 0.0275. The zero-order valence-corrected chi connectivity index (χ0v) is 21.1. The Kier molecular flexibility index (Phi) is 8.18. The number of morpholine rings is 1. The molecule has 0 unspecified atom stereocenters. The molecule has 1 aliphatic heterocycles. The van der Waals surface area contributed by atoms with Crippen LogP contribution >= 0.6 is 0 Å². The van der Waals surface area contributed by atoms with Gasteiger partial charge in [-0.15, -0.1) is 0 Å². The maximum Gasteiger partial charge on any atom is 0.242 e. The molecule has 10 nitrogen and oxygen atoms in total. The number of hydrogen-bond acceptors (Lipinski definition) is 7. The van der Waals surface area contributed by atoms with Crippen LogP contribution in [0.25, 0.3) is 0 Å². The predicted octanol–water partition coefficient (Wildman–Crippen LogP) is 0.856. The van der Waals surface area contributed by atoms with Gasteiger partial charge in [-0.25, -0.2) is 21.1 Å². The number of benzene rings is 2. The molecule has 3 rings (SSSR count). The number of carbonyl (C=O) groups is 1. The number of nitrogens with one attached hydrogen (secondary N) is 1. The van der Waals surface area contributed by atoms with Crippen molar-refractivity contribution in [1.29, 1.82) is 0 Å². The summed E-state index contributed by atoms with van der Waals surface area (Å²) < 4.78 is 56.5. The van der Waals surface area contributed by atoms with E-state index in [0.29, 0.717) is 13.2 Å². The molecule has 1 heterocycles. The van der Waals surface area contributed by atoms with Crippen LogP contribution in [-0.4, -0.2) is 80.2 Å². The monoisotopic (exact) mass is 510 g/mol. The van der Waals surface area contributed by atoms with Gasteiger partial charge in [0.15, 0.2) is 0 Å². The first-order chi connectivity index (χ1) is 16.0. The number of ether oxygens (including phenoxy) is 1. The van der Waals surface area contributed by atoms with E-state index in [-0.39, 0.29) is 17.1 Å². The van der Waals surface area contributed by atoms with Gasteiger partial charge in [0.25, 0.3) is 0 Å². The molecule has 0 saturated carbocycles. The fourth-order valence-electron chi connectivity index (χ4n) is 3.43. The molecule has 2 aromatic carbocycles. The van der Waals surface area contributed by atoms with Crippen molar-refractivity contribution in [2.75, 3.05) is 62.4 Å². The Hall–Kier alpha value is -2.67. The highest BCUT2D eigenvalue weighted by atomic mass is 32.2. The number of nitrogens with zero attached hydrogens (tertiary/aromatic N) is 3. The van der Waals surface area contributed by atoms with E-state index in [9.17, 15) is 21.6 Å². The van der Waals surface area contributed by atoms with Gasteiger partial charge >= 0.3 is 0 Å². The molecular formula is C22H30N4O6S2. The zero-order valence-electron chi connectivity index (χ0n) is 19.5. The number of amides is 1. The fourth-order valence-corrected chi connectivity index (χ4v) is 5.19. The van der Waals surface area contributed by atoms with E-state index in [1.165, 1.54) is 38.4 Å². The Morgan fingerprint density at radius 2 is 1.56 bits per heavy atom. The molecule has 0 bridgehead atoms. The molecular weight excluding hydrogens is 480 g/mol. The van der Waals surface area contributed by atoms with Crippen molar-refractivity contribution in [2.45, 2.75) is 11.4 Å². The zero-order chi connectivity index (χ0) is 24.9. The highest BCUT2D eigenvalue weighted by molar-refractivity contribution is 7.92. The van der Waals surface area contributed by atoms with Crippen molar-refractivity contribution in [3.63, 3.8) is 0 Å². The Labute approximate surface area is 201 Å². The van der Waals surface area contributed by atoms with E-state index in [2.05, 4.69) is 10.2 Å². The van der Waals surface area contributed by atoms with Crippen molar-refractivity contribution >= 4 is 37.3 Å². The van der Waals surface area contributed by atoms with Gasteiger partial charge in [0.1, 0.15) is 6.54 Å². The van der Waals surface area contributed by atoms with Crippen molar-refractivity contribution in [2.24, 2.45) is 0 Å². The third-order valence-electron chi connectivity index (χ3n) is 5.39. The molecule has 0 radical (unpaired) electrons. The SMILES string of the molecule is CN(C)S(=O)(=O)c1ccc(N(CC(=O)NCc2ccc(N3CCOCC3)cc2)S(C)(=O)=O)cc1. The van der Waals surface area contributed by atoms with Crippen LogP contribution in [0.2, 0.25) is 0 Å². The Bertz CT molecular complexity index is 1190. The maximum absolute atomic E-state index is 12.5. The minimum Gasteiger partial charge on any atom is -0.378 e. The summed E-state index contributed by atoms with van der Waals surface area (Å²) in [6.45, 7) is 2.88. The van der Waals surface area contributed by atoms with Crippen LogP contribution in [0.4, 0.5) is 11.4 Å². The standard InChI is InChI=1S/C22H30N4O6S2/c1-24(2)34(30,31)21-10-8-20(9-11-21)26(33(3,28)29)17-22(27)23-16-18-4-6-19(7-5-18)25-12-14-32-15-13-25/h4-11H,12-17H2,1-3H3,(H,23,27). The van der Waals surface area contributed by atoms with Crippen LogP contribution in [0, 0.1) is 0 Å². The van der Waals surface area contributed by atoms with Crippen LogP contribution in [0.1, 0.15) is 5.56 Å². The second-order valence-corrected chi connectivity index (χ2v) is 12.2. The summed E-state index contributed by atoms with van der Waals surface area (Å²) in [5.74, 6) is -0.479. The van der Waals surface area contributed by atoms with E-state index >= 15 is 0 Å². The lowest BCUT2D eigenvalue weighted by Gasteiger charge is -2.29. The molecule has 0 atom stereocenters. The van der Waals surface area contributed by atoms with E-state index < -0.39 is 32.5 Å². The van der Waals surface area contributed by atoms with Crippen LogP contribution in [0.5, 0.6) is 0 Å². The number of hydrogen-bond donors (Lipinski definition) is 1. The summed E-state index contributed by atoms with van der Waals surface area (Å²) in [6.07, 6.45) is 0.995. The van der Waals surface area contributed by atoms with Crippen molar-refractivity contribution in [1.82, 2.24) is 9.62 Å². The molecule has 1 fully saturated rings. The first kappa shape index (κ1) is 25.9. The summed E-state index contributed by atoms with van der Waals surface area (Å²) in [6, 6.07) is 13.2. The largest absolute Gasteiger partial charge is 0.378 e. The van der Waals surface area contributed by atoms with Gasteiger partial charge in [-0.1, -0.05) is 12.1 Å². The van der Waals surface area contributed by atoms with Gasteiger partial charge in [-0.3, -0.25) is 9.10 Å². The molecule has 34 heavy (non-hydrogen) atoms. The Morgan fingerprint density at radius 3 is 2.09 bits per heavy atom. The van der Waals surface area contributed by atoms with Crippen molar-refractivity contribution in [3.8, 4) is 0 Å². The van der Waals surface area contributed by atoms with Gasteiger partial charge in [0.05, 0.1) is 30.1 Å². The summed E-state index contributed by atoms with van der Waals surface area (Å²) in [5.41, 5.74) is 2.17. The number of carbonyl (C=O) groups excluding carboxylic acids is 1. The number of anilines is 2. The van der Waals surface area contributed by atoms with E-state index in [1.807, 2.05) is 24.3 Å². The third-order valence-corrected chi connectivity index (χ3v) is 8.36. The molecule has 1 saturated heterocycles. The Balaban J connectivity index is 1.64. The van der Waals surface area contributed by atoms with Gasteiger partial charge in [0.2, 0.25) is 26.0 Å². The van der Waals surface area contributed by atoms with E-state index in [4.69, 9.17) is 4.74 Å². The first-order valence-electron chi connectivity index (χ1n) is 10.7. The van der Waals surface area contributed by atoms with Crippen molar-refractivity contribution < 1.29 is 26.4 Å². The summed E-state index contributed by atoms with van der Waals surface area (Å²) in [7, 11) is -4.61. The van der Waals surface area contributed by atoms with Gasteiger partial charge < -0.3 is 15.0 Å². The summed E-state index contributed by atoms with van der Waals surface area (Å²) in [5, 5.41) is 2.74. The molecule has 1 amide bonds. The normalized spacial score (nSPS) is 14.8. The average Bonchev–Trinajstić information content (AvgIpc) is 2.81. The topological polar surface area (TPSA) is 116 Å². The van der Waals surface area contributed by atoms with E-state index in [0.717, 1.165) is 39.2 Å². The molecule has 12 heteroatoms. The molecule has 1 aliphatic rings. The maximum atomic E-state index is 12.5. The second kappa shape index (κ2) is 10.7. The molecule has 2 aromatic rings. The number of sulfonamides is 2. The van der Waals surface area contributed by atoms with Gasteiger partial charge in [-0.05, 0) is 42.0 Å². The highest BCUT2D eigenvalue weighted by Gasteiger charge is 2.23. The third kappa shape index (κ3) is 6.47. The van der Waals surface area contributed by atoms with E-state index in [1.54, 1.807) is 0 Å². The molecule has 186 valence electrons. The Morgan fingerprint density at radius 1 is 0.971 bits per heavy atom. The molecule has 0 spiro atoms. The lowest BCUT2D eigenvalue weighted by molar-refractivity contribution is -0.119. The first-order valence-corrected chi connectivity index (χ1v) is 14.0. The van der Waals surface area contributed by atoms with Crippen LogP contribution in [0.3, 0.4) is 0 Å². The van der Waals surface area contributed by atoms with Gasteiger partial charge in [-0.2, -0.15) is 0 Å². The molecule has 1 N–H and O–H groups in total. The minimum atomic E-state index is -3.78. The number of rotatable bonds is 9.